The van der Waals surface area contributed by atoms with Crippen molar-refractivity contribution in [1.29, 1.82) is 0 Å². The van der Waals surface area contributed by atoms with E-state index in [1.165, 1.54) is 54.6 Å². The summed E-state index contributed by atoms with van der Waals surface area (Å²) in [6.07, 6.45) is 0. The Morgan fingerprint density at radius 1 is 0.304 bits per heavy atom. The first-order valence-corrected chi connectivity index (χ1v) is 19.2. The summed E-state index contributed by atoms with van der Waals surface area (Å²) < 4.78 is 6.43. The van der Waals surface area contributed by atoms with Crippen LogP contribution in [0.1, 0.15) is 0 Å². The Hall–Kier alpha value is -7.42. The van der Waals surface area contributed by atoms with Crippen LogP contribution in [-0.2, 0) is 0 Å². The molecule has 0 spiro atoms. The highest BCUT2D eigenvalue weighted by molar-refractivity contribution is 6.14. The summed E-state index contributed by atoms with van der Waals surface area (Å²) in [6, 6.07) is 76.6. The maximum atomic E-state index is 6.43. The number of para-hydroxylation sites is 1. The number of rotatable bonds is 6. The minimum Gasteiger partial charge on any atom is -0.456 e. The van der Waals surface area contributed by atoms with Crippen LogP contribution < -0.4 is 4.90 Å². The highest BCUT2D eigenvalue weighted by Gasteiger charge is 2.20. The molecule has 0 unspecified atom stereocenters. The van der Waals surface area contributed by atoms with E-state index in [9.17, 15) is 0 Å². The lowest BCUT2D eigenvalue weighted by molar-refractivity contribution is 0.669. The fourth-order valence-corrected chi connectivity index (χ4v) is 8.52. The lowest BCUT2D eigenvalue weighted by atomic mass is 9.94. The van der Waals surface area contributed by atoms with Gasteiger partial charge >= 0.3 is 0 Å². The van der Waals surface area contributed by atoms with Gasteiger partial charge in [-0.1, -0.05) is 164 Å². The predicted molar refractivity (Wildman–Crippen MR) is 237 cm³/mol. The highest BCUT2D eigenvalue weighted by atomic mass is 16.3. The van der Waals surface area contributed by atoms with Crippen molar-refractivity contribution in [3.63, 3.8) is 0 Å². The lowest BCUT2D eigenvalue weighted by Crippen LogP contribution is -2.10. The van der Waals surface area contributed by atoms with Gasteiger partial charge in [-0.3, -0.25) is 0 Å². The lowest BCUT2D eigenvalue weighted by Gasteiger charge is -2.27. The van der Waals surface area contributed by atoms with E-state index in [1.54, 1.807) is 0 Å². The van der Waals surface area contributed by atoms with Crippen LogP contribution in [-0.4, -0.2) is 0 Å². The monoisotopic (exact) mass is 713 g/mol. The first-order chi connectivity index (χ1) is 27.7. The van der Waals surface area contributed by atoms with Crippen LogP contribution in [0.25, 0.3) is 87.6 Å². The summed E-state index contributed by atoms with van der Waals surface area (Å²) in [6.45, 7) is 0. The van der Waals surface area contributed by atoms with E-state index in [-0.39, 0.29) is 0 Å². The molecule has 56 heavy (non-hydrogen) atoms. The number of anilines is 3. The van der Waals surface area contributed by atoms with Crippen molar-refractivity contribution in [3.05, 3.63) is 212 Å². The Kier molecular flexibility index (Phi) is 7.53. The van der Waals surface area contributed by atoms with Crippen LogP contribution in [0.15, 0.2) is 217 Å². The van der Waals surface area contributed by atoms with E-state index in [1.807, 2.05) is 6.07 Å². The molecule has 0 saturated carbocycles. The normalized spacial score (nSPS) is 11.6. The first kappa shape index (κ1) is 32.0. The molecule has 0 radical (unpaired) electrons. The van der Waals surface area contributed by atoms with Gasteiger partial charge in [0, 0.05) is 16.8 Å². The molecule has 0 aliphatic carbocycles. The van der Waals surface area contributed by atoms with Gasteiger partial charge in [0.05, 0.1) is 11.1 Å². The molecule has 0 aliphatic heterocycles. The molecule has 0 saturated heterocycles. The van der Waals surface area contributed by atoms with E-state index in [2.05, 4.69) is 211 Å². The first-order valence-electron chi connectivity index (χ1n) is 19.2. The number of hydrogen-bond acceptors (Lipinski definition) is 2. The molecule has 2 nitrogen and oxygen atoms in total. The van der Waals surface area contributed by atoms with Gasteiger partial charge < -0.3 is 9.32 Å². The maximum absolute atomic E-state index is 6.43. The van der Waals surface area contributed by atoms with E-state index in [4.69, 9.17) is 4.42 Å². The average Bonchev–Trinajstić information content (AvgIpc) is 3.66. The van der Waals surface area contributed by atoms with Crippen molar-refractivity contribution >= 4 is 71.3 Å². The maximum Gasteiger partial charge on any atom is 0.137 e. The molecule has 2 heteroatoms. The molecule has 0 bridgehead atoms. The quantitative estimate of drug-likeness (QED) is 0.160. The van der Waals surface area contributed by atoms with Crippen molar-refractivity contribution in [2.24, 2.45) is 0 Å². The number of fused-ring (bicyclic) bond motifs is 7. The molecular weight excluding hydrogens is 679 g/mol. The second-order valence-corrected chi connectivity index (χ2v) is 14.5. The van der Waals surface area contributed by atoms with Gasteiger partial charge in [-0.15, -0.1) is 0 Å². The summed E-state index contributed by atoms with van der Waals surface area (Å²) >= 11 is 0. The molecular formula is C54H35NO. The molecule has 11 aromatic rings. The zero-order valence-electron chi connectivity index (χ0n) is 30.6. The Labute approximate surface area is 325 Å². The second-order valence-electron chi connectivity index (χ2n) is 14.5. The molecule has 11 rings (SSSR count). The van der Waals surface area contributed by atoms with Crippen molar-refractivity contribution < 1.29 is 4.42 Å². The van der Waals surface area contributed by atoms with Gasteiger partial charge in [0.25, 0.3) is 0 Å². The highest BCUT2D eigenvalue weighted by Crippen LogP contribution is 2.45. The van der Waals surface area contributed by atoms with Crippen molar-refractivity contribution in [1.82, 2.24) is 0 Å². The van der Waals surface area contributed by atoms with Crippen LogP contribution in [0, 0.1) is 0 Å². The summed E-state index contributed by atoms with van der Waals surface area (Å²) in [5, 5.41) is 9.72. The number of nitrogens with zero attached hydrogens (tertiary/aromatic N) is 1. The molecule has 0 atom stereocenters. The third-order valence-corrected chi connectivity index (χ3v) is 11.2. The minimum atomic E-state index is 0.867. The topological polar surface area (TPSA) is 16.4 Å². The Bertz CT molecular complexity index is 3260. The SMILES string of the molecule is c1cc(-c2ccc(-c3ccc4ccccc4c3)cc2)cc(N(c2cccc(-c3cccc4c3ccc3ccccc34)c2)c2cccc3oc4ccccc4c23)c1. The van der Waals surface area contributed by atoms with Crippen LogP contribution in [0.4, 0.5) is 17.1 Å². The van der Waals surface area contributed by atoms with E-state index < -0.39 is 0 Å². The van der Waals surface area contributed by atoms with Crippen molar-refractivity contribution in [2.45, 2.75) is 0 Å². The molecule has 262 valence electrons. The Balaban J connectivity index is 1.06. The molecule has 1 heterocycles. The molecule has 1 aromatic heterocycles. The largest absolute Gasteiger partial charge is 0.456 e. The van der Waals surface area contributed by atoms with Crippen LogP contribution in [0.5, 0.6) is 0 Å². The van der Waals surface area contributed by atoms with E-state index in [0.29, 0.717) is 0 Å². The van der Waals surface area contributed by atoms with Gasteiger partial charge in [0.2, 0.25) is 0 Å². The third-order valence-electron chi connectivity index (χ3n) is 11.2. The Morgan fingerprint density at radius 2 is 0.875 bits per heavy atom. The standard InChI is InChI=1S/C54H35NO/c1-2-13-40-33-42(30-29-36(40)11-1)38-27-25-37(26-28-38)41-14-7-16-44(34-41)55(51-22-10-24-53-54(51)50-19-5-6-23-52(50)56-53)45-17-8-15-43(35-45)47-20-9-21-48-46-18-4-3-12-39(46)31-32-49(47)48/h1-35H. The fraction of sp³-hybridized carbons (Fsp3) is 0. The number of benzene rings is 10. The average molecular weight is 714 g/mol. The summed E-state index contributed by atoms with van der Waals surface area (Å²) in [5.41, 5.74) is 12.1. The fourth-order valence-electron chi connectivity index (χ4n) is 8.52. The summed E-state index contributed by atoms with van der Waals surface area (Å²) in [5.74, 6) is 0. The molecule has 0 amide bonds. The number of hydrogen-bond donors (Lipinski definition) is 0. The zero-order valence-corrected chi connectivity index (χ0v) is 30.6. The minimum absolute atomic E-state index is 0.867. The Morgan fingerprint density at radius 3 is 1.70 bits per heavy atom. The molecule has 0 aliphatic rings. The third kappa shape index (κ3) is 5.42. The molecule has 10 aromatic carbocycles. The molecule has 0 fully saturated rings. The van der Waals surface area contributed by atoms with Gasteiger partial charge in [0.15, 0.2) is 0 Å². The van der Waals surface area contributed by atoms with E-state index in [0.717, 1.165) is 50.1 Å². The van der Waals surface area contributed by atoms with Crippen LogP contribution in [0.3, 0.4) is 0 Å². The number of furan rings is 1. The summed E-state index contributed by atoms with van der Waals surface area (Å²) in [7, 11) is 0. The van der Waals surface area contributed by atoms with Crippen molar-refractivity contribution in [2.75, 3.05) is 4.90 Å². The van der Waals surface area contributed by atoms with Crippen LogP contribution >= 0.6 is 0 Å². The zero-order chi connectivity index (χ0) is 37.0. The smallest absolute Gasteiger partial charge is 0.137 e. The van der Waals surface area contributed by atoms with Crippen molar-refractivity contribution in [3.8, 4) is 33.4 Å². The molecule has 0 N–H and O–H groups in total. The predicted octanol–water partition coefficient (Wildman–Crippen LogP) is 15.5. The van der Waals surface area contributed by atoms with Gasteiger partial charge in [-0.25, -0.2) is 0 Å². The van der Waals surface area contributed by atoms with E-state index >= 15 is 0 Å². The van der Waals surface area contributed by atoms with Gasteiger partial charge in [-0.2, -0.15) is 0 Å². The van der Waals surface area contributed by atoms with Gasteiger partial charge in [-0.05, 0) is 114 Å². The summed E-state index contributed by atoms with van der Waals surface area (Å²) in [4.78, 5) is 2.39. The second kappa shape index (κ2) is 13.2. The van der Waals surface area contributed by atoms with Crippen LogP contribution in [0.2, 0.25) is 0 Å². The van der Waals surface area contributed by atoms with Gasteiger partial charge in [0.1, 0.15) is 11.2 Å².